The van der Waals surface area contributed by atoms with Gasteiger partial charge in [0.25, 0.3) is 0 Å². The molecule has 1 aliphatic heterocycles. The maximum absolute atomic E-state index is 5.62. The second-order valence-corrected chi connectivity index (χ2v) is 3.50. The molecule has 1 heteroatoms. The van der Waals surface area contributed by atoms with Crippen LogP contribution in [0.15, 0.2) is 0 Å². The van der Waals surface area contributed by atoms with E-state index in [2.05, 4.69) is 20.8 Å². The van der Waals surface area contributed by atoms with Crippen LogP contribution in [0.4, 0.5) is 0 Å². The van der Waals surface area contributed by atoms with Crippen molar-refractivity contribution in [3.05, 3.63) is 0 Å². The topological polar surface area (TPSA) is 9.23 Å². The first kappa shape index (κ1) is 8.06. The normalized spacial score (nSPS) is 40.5. The van der Waals surface area contributed by atoms with E-state index >= 15 is 0 Å². The fourth-order valence-electron chi connectivity index (χ4n) is 1.58. The van der Waals surface area contributed by atoms with Gasteiger partial charge in [-0.15, -0.1) is 0 Å². The largest absolute Gasteiger partial charge is 0.378 e. The SMILES string of the molecule is CCCC1OCC(C)[C@@H]1C. The molecule has 0 amide bonds. The molecule has 0 aromatic carbocycles. The zero-order chi connectivity index (χ0) is 7.56. The molecule has 1 fully saturated rings. The number of rotatable bonds is 2. The first-order chi connectivity index (χ1) is 4.75. The van der Waals surface area contributed by atoms with Gasteiger partial charge in [0.15, 0.2) is 0 Å². The van der Waals surface area contributed by atoms with E-state index in [4.69, 9.17) is 4.74 Å². The van der Waals surface area contributed by atoms with Crippen LogP contribution in [-0.4, -0.2) is 12.7 Å². The first-order valence-electron chi connectivity index (χ1n) is 4.37. The van der Waals surface area contributed by atoms with Crippen LogP contribution in [0.5, 0.6) is 0 Å². The molecule has 0 aliphatic carbocycles. The third kappa shape index (κ3) is 1.51. The van der Waals surface area contributed by atoms with Crippen LogP contribution >= 0.6 is 0 Å². The highest BCUT2D eigenvalue weighted by Gasteiger charge is 2.29. The number of ether oxygens (including phenoxy) is 1. The van der Waals surface area contributed by atoms with Gasteiger partial charge in [-0.2, -0.15) is 0 Å². The Kier molecular flexibility index (Phi) is 2.72. The van der Waals surface area contributed by atoms with Gasteiger partial charge in [0, 0.05) is 6.61 Å². The molecule has 10 heavy (non-hydrogen) atoms. The van der Waals surface area contributed by atoms with Gasteiger partial charge in [0.05, 0.1) is 6.10 Å². The molecule has 3 atom stereocenters. The van der Waals surface area contributed by atoms with E-state index in [0.29, 0.717) is 6.10 Å². The maximum atomic E-state index is 5.62. The Morgan fingerprint density at radius 3 is 2.50 bits per heavy atom. The third-order valence-corrected chi connectivity index (χ3v) is 2.63. The van der Waals surface area contributed by atoms with E-state index in [9.17, 15) is 0 Å². The smallest absolute Gasteiger partial charge is 0.0604 e. The molecule has 0 aromatic heterocycles. The zero-order valence-electron chi connectivity index (χ0n) is 7.26. The zero-order valence-corrected chi connectivity index (χ0v) is 7.26. The molecule has 0 aromatic rings. The fourth-order valence-corrected chi connectivity index (χ4v) is 1.58. The summed E-state index contributed by atoms with van der Waals surface area (Å²) in [4.78, 5) is 0. The second-order valence-electron chi connectivity index (χ2n) is 3.50. The van der Waals surface area contributed by atoms with Crippen LogP contribution in [-0.2, 0) is 4.74 Å². The van der Waals surface area contributed by atoms with Crippen molar-refractivity contribution < 1.29 is 4.74 Å². The Hall–Kier alpha value is -0.0400. The van der Waals surface area contributed by atoms with E-state index in [0.717, 1.165) is 18.4 Å². The summed E-state index contributed by atoms with van der Waals surface area (Å²) in [6.45, 7) is 7.78. The monoisotopic (exact) mass is 142 g/mol. The van der Waals surface area contributed by atoms with Crippen molar-refractivity contribution in [1.82, 2.24) is 0 Å². The highest BCUT2D eigenvalue weighted by Crippen LogP contribution is 2.28. The van der Waals surface area contributed by atoms with Gasteiger partial charge in [-0.3, -0.25) is 0 Å². The van der Waals surface area contributed by atoms with Crippen LogP contribution in [0.2, 0.25) is 0 Å². The van der Waals surface area contributed by atoms with Crippen LogP contribution in [0.3, 0.4) is 0 Å². The van der Waals surface area contributed by atoms with Crippen molar-refractivity contribution in [3.63, 3.8) is 0 Å². The van der Waals surface area contributed by atoms with E-state index < -0.39 is 0 Å². The molecular weight excluding hydrogens is 124 g/mol. The van der Waals surface area contributed by atoms with Crippen LogP contribution in [0.25, 0.3) is 0 Å². The van der Waals surface area contributed by atoms with Crippen LogP contribution in [0, 0.1) is 11.8 Å². The lowest BCUT2D eigenvalue weighted by atomic mass is 9.92. The van der Waals surface area contributed by atoms with Crippen molar-refractivity contribution in [3.8, 4) is 0 Å². The molecule has 1 rings (SSSR count). The van der Waals surface area contributed by atoms with E-state index in [1.54, 1.807) is 0 Å². The Bertz CT molecular complexity index is 98.9. The minimum atomic E-state index is 0.556. The average molecular weight is 142 g/mol. The van der Waals surface area contributed by atoms with Crippen molar-refractivity contribution in [2.45, 2.75) is 39.7 Å². The molecule has 1 nitrogen and oxygen atoms in total. The van der Waals surface area contributed by atoms with Crippen molar-refractivity contribution in [1.29, 1.82) is 0 Å². The van der Waals surface area contributed by atoms with Gasteiger partial charge in [-0.25, -0.2) is 0 Å². The first-order valence-corrected chi connectivity index (χ1v) is 4.37. The quantitative estimate of drug-likeness (QED) is 0.575. The second kappa shape index (κ2) is 3.38. The minimum absolute atomic E-state index is 0.556. The summed E-state index contributed by atoms with van der Waals surface area (Å²) in [5.74, 6) is 1.55. The van der Waals surface area contributed by atoms with E-state index in [-0.39, 0.29) is 0 Å². The van der Waals surface area contributed by atoms with Gasteiger partial charge in [-0.05, 0) is 18.3 Å². The van der Waals surface area contributed by atoms with Gasteiger partial charge >= 0.3 is 0 Å². The van der Waals surface area contributed by atoms with E-state index in [1.165, 1.54) is 12.8 Å². The van der Waals surface area contributed by atoms with Crippen LogP contribution < -0.4 is 0 Å². The Balaban J connectivity index is 2.33. The molecule has 1 saturated heterocycles. The predicted octanol–water partition coefficient (Wildman–Crippen LogP) is 2.46. The fraction of sp³-hybridized carbons (Fsp3) is 1.00. The highest BCUT2D eigenvalue weighted by molar-refractivity contribution is 4.77. The number of hydrogen-bond acceptors (Lipinski definition) is 1. The molecule has 0 bridgehead atoms. The molecule has 0 N–H and O–H groups in total. The van der Waals surface area contributed by atoms with Crippen molar-refractivity contribution in [2.24, 2.45) is 11.8 Å². The molecule has 0 saturated carbocycles. The third-order valence-electron chi connectivity index (χ3n) is 2.63. The summed E-state index contributed by atoms with van der Waals surface area (Å²) in [6.07, 6.45) is 3.05. The summed E-state index contributed by atoms with van der Waals surface area (Å²) in [6, 6.07) is 0. The predicted molar refractivity (Wildman–Crippen MR) is 43.0 cm³/mol. The summed E-state index contributed by atoms with van der Waals surface area (Å²) in [7, 11) is 0. The maximum Gasteiger partial charge on any atom is 0.0604 e. The molecule has 0 radical (unpaired) electrons. The van der Waals surface area contributed by atoms with Crippen molar-refractivity contribution >= 4 is 0 Å². The lowest BCUT2D eigenvalue weighted by Crippen LogP contribution is -2.15. The molecule has 1 aliphatic rings. The van der Waals surface area contributed by atoms with Gasteiger partial charge in [-0.1, -0.05) is 27.2 Å². The lowest BCUT2D eigenvalue weighted by molar-refractivity contribution is 0.0858. The molecule has 60 valence electrons. The molecule has 2 unspecified atom stereocenters. The summed E-state index contributed by atoms with van der Waals surface area (Å²) in [5, 5.41) is 0. The van der Waals surface area contributed by atoms with Gasteiger partial charge in [0.2, 0.25) is 0 Å². The van der Waals surface area contributed by atoms with E-state index in [1.807, 2.05) is 0 Å². The molecule has 1 heterocycles. The summed E-state index contributed by atoms with van der Waals surface area (Å²) < 4.78 is 5.62. The Labute approximate surface area is 63.8 Å². The molecule has 0 spiro atoms. The lowest BCUT2D eigenvalue weighted by Gasteiger charge is -2.14. The number of hydrogen-bond donors (Lipinski definition) is 0. The summed E-state index contributed by atoms with van der Waals surface area (Å²) >= 11 is 0. The van der Waals surface area contributed by atoms with Crippen LogP contribution in [0.1, 0.15) is 33.6 Å². The highest BCUT2D eigenvalue weighted by atomic mass is 16.5. The molecular formula is C9H18O. The standard InChI is InChI=1S/C9H18O/c1-4-5-9-8(3)7(2)6-10-9/h7-9H,4-6H2,1-3H3/t7?,8-,9?/m0/s1. The van der Waals surface area contributed by atoms with Gasteiger partial charge < -0.3 is 4.74 Å². The average Bonchev–Trinajstić information content (AvgIpc) is 2.20. The van der Waals surface area contributed by atoms with Crippen molar-refractivity contribution in [2.75, 3.05) is 6.61 Å². The Morgan fingerprint density at radius 1 is 1.40 bits per heavy atom. The van der Waals surface area contributed by atoms with Gasteiger partial charge in [0.1, 0.15) is 0 Å². The summed E-state index contributed by atoms with van der Waals surface area (Å²) in [5.41, 5.74) is 0. The Morgan fingerprint density at radius 2 is 2.10 bits per heavy atom. The minimum Gasteiger partial charge on any atom is -0.378 e.